The lowest BCUT2D eigenvalue weighted by molar-refractivity contribution is -0.121. The summed E-state index contributed by atoms with van der Waals surface area (Å²) in [4.78, 5) is 11.9. The summed E-state index contributed by atoms with van der Waals surface area (Å²) >= 11 is 0. The topological polar surface area (TPSA) is 38.3 Å². The van der Waals surface area contributed by atoms with Gasteiger partial charge in [-0.2, -0.15) is 0 Å². The zero-order chi connectivity index (χ0) is 13.0. The molecule has 1 N–H and O–H groups in total. The summed E-state index contributed by atoms with van der Waals surface area (Å²) in [7, 11) is 1.66. The Labute approximate surface area is 109 Å². The Hall–Kier alpha value is -1.51. The SMILES string of the molecule is COc1cc(CC(=O)NC2CCCC2)ccc1C. The van der Waals surface area contributed by atoms with Crippen LogP contribution in [0.1, 0.15) is 36.8 Å². The molecule has 0 saturated heterocycles. The van der Waals surface area contributed by atoms with Gasteiger partial charge in [-0.25, -0.2) is 0 Å². The molecule has 0 spiro atoms. The van der Waals surface area contributed by atoms with E-state index in [1.807, 2.05) is 25.1 Å². The van der Waals surface area contributed by atoms with Crippen LogP contribution in [0, 0.1) is 6.92 Å². The molecule has 1 fully saturated rings. The first-order valence-electron chi connectivity index (χ1n) is 6.62. The van der Waals surface area contributed by atoms with Crippen molar-refractivity contribution in [3.63, 3.8) is 0 Å². The Bertz CT molecular complexity index is 423. The summed E-state index contributed by atoms with van der Waals surface area (Å²) in [5.74, 6) is 0.967. The van der Waals surface area contributed by atoms with Crippen LogP contribution in [0.2, 0.25) is 0 Å². The van der Waals surface area contributed by atoms with Crippen molar-refractivity contribution in [1.82, 2.24) is 5.32 Å². The number of hydrogen-bond donors (Lipinski definition) is 1. The highest BCUT2D eigenvalue weighted by molar-refractivity contribution is 5.79. The lowest BCUT2D eigenvalue weighted by Crippen LogP contribution is -2.33. The quantitative estimate of drug-likeness (QED) is 0.888. The first-order chi connectivity index (χ1) is 8.69. The average Bonchev–Trinajstić information content (AvgIpc) is 2.84. The lowest BCUT2D eigenvalue weighted by atomic mass is 10.1. The number of carbonyl (C=O) groups is 1. The molecule has 0 unspecified atom stereocenters. The summed E-state index contributed by atoms with van der Waals surface area (Å²) < 4.78 is 5.27. The molecule has 1 aromatic rings. The number of aryl methyl sites for hydroxylation is 1. The van der Waals surface area contributed by atoms with Crippen LogP contribution in [-0.4, -0.2) is 19.1 Å². The average molecular weight is 247 g/mol. The Kier molecular flexibility index (Phi) is 4.24. The minimum atomic E-state index is 0.118. The molecule has 0 aliphatic heterocycles. The maximum atomic E-state index is 11.9. The van der Waals surface area contributed by atoms with Gasteiger partial charge in [0.05, 0.1) is 13.5 Å². The van der Waals surface area contributed by atoms with Crippen molar-refractivity contribution in [3.8, 4) is 5.75 Å². The van der Waals surface area contributed by atoms with Crippen molar-refractivity contribution in [2.24, 2.45) is 0 Å². The minimum Gasteiger partial charge on any atom is -0.496 e. The normalized spacial score (nSPS) is 15.7. The molecule has 1 saturated carbocycles. The highest BCUT2D eigenvalue weighted by Crippen LogP contribution is 2.20. The van der Waals surface area contributed by atoms with Crippen LogP contribution in [0.15, 0.2) is 18.2 Å². The fourth-order valence-electron chi connectivity index (χ4n) is 2.51. The Morgan fingerprint density at radius 1 is 1.39 bits per heavy atom. The van der Waals surface area contributed by atoms with E-state index in [-0.39, 0.29) is 5.91 Å². The van der Waals surface area contributed by atoms with Gasteiger partial charge in [-0.05, 0) is 37.0 Å². The summed E-state index contributed by atoms with van der Waals surface area (Å²) in [6.45, 7) is 2.00. The number of carbonyl (C=O) groups excluding carboxylic acids is 1. The van der Waals surface area contributed by atoms with E-state index >= 15 is 0 Å². The van der Waals surface area contributed by atoms with Gasteiger partial charge in [0.15, 0.2) is 0 Å². The van der Waals surface area contributed by atoms with Gasteiger partial charge < -0.3 is 10.1 Å². The van der Waals surface area contributed by atoms with Crippen LogP contribution in [-0.2, 0) is 11.2 Å². The molecule has 3 nitrogen and oxygen atoms in total. The number of benzene rings is 1. The molecule has 0 bridgehead atoms. The fraction of sp³-hybridized carbons (Fsp3) is 0.533. The van der Waals surface area contributed by atoms with Gasteiger partial charge in [-0.3, -0.25) is 4.79 Å². The maximum absolute atomic E-state index is 11.9. The zero-order valence-corrected chi connectivity index (χ0v) is 11.2. The molecule has 0 aromatic heterocycles. The molecule has 0 heterocycles. The lowest BCUT2D eigenvalue weighted by Gasteiger charge is -2.12. The van der Waals surface area contributed by atoms with Gasteiger partial charge in [0.1, 0.15) is 5.75 Å². The van der Waals surface area contributed by atoms with Crippen LogP contribution in [0.3, 0.4) is 0 Å². The third-order valence-corrected chi connectivity index (χ3v) is 3.56. The molecule has 3 heteroatoms. The van der Waals surface area contributed by atoms with E-state index in [1.54, 1.807) is 7.11 Å². The van der Waals surface area contributed by atoms with E-state index in [1.165, 1.54) is 12.8 Å². The molecule has 1 aliphatic carbocycles. The monoisotopic (exact) mass is 247 g/mol. The second-order valence-corrected chi connectivity index (χ2v) is 5.03. The number of hydrogen-bond acceptors (Lipinski definition) is 2. The van der Waals surface area contributed by atoms with E-state index in [9.17, 15) is 4.79 Å². The first-order valence-corrected chi connectivity index (χ1v) is 6.62. The molecule has 2 rings (SSSR count). The van der Waals surface area contributed by atoms with Crippen LogP contribution in [0.5, 0.6) is 5.75 Å². The molecule has 1 aromatic carbocycles. The predicted octanol–water partition coefficient (Wildman–Crippen LogP) is 2.60. The van der Waals surface area contributed by atoms with Crippen molar-refractivity contribution in [2.45, 2.75) is 45.1 Å². The summed E-state index contributed by atoms with van der Waals surface area (Å²) in [6, 6.07) is 6.33. The molecule has 1 amide bonds. The van der Waals surface area contributed by atoms with E-state index in [0.717, 1.165) is 29.7 Å². The zero-order valence-electron chi connectivity index (χ0n) is 11.2. The molecule has 18 heavy (non-hydrogen) atoms. The maximum Gasteiger partial charge on any atom is 0.224 e. The van der Waals surface area contributed by atoms with Gasteiger partial charge in [-0.15, -0.1) is 0 Å². The number of amides is 1. The second-order valence-electron chi connectivity index (χ2n) is 5.03. The molecule has 1 aliphatic rings. The van der Waals surface area contributed by atoms with E-state index < -0.39 is 0 Å². The van der Waals surface area contributed by atoms with Crippen LogP contribution < -0.4 is 10.1 Å². The summed E-state index contributed by atoms with van der Waals surface area (Å²) in [6.07, 6.45) is 5.17. The summed E-state index contributed by atoms with van der Waals surface area (Å²) in [5, 5.41) is 3.10. The van der Waals surface area contributed by atoms with E-state index in [2.05, 4.69) is 5.32 Å². The van der Waals surface area contributed by atoms with Crippen molar-refractivity contribution < 1.29 is 9.53 Å². The molecular formula is C15H21NO2. The van der Waals surface area contributed by atoms with Crippen molar-refractivity contribution in [3.05, 3.63) is 29.3 Å². The van der Waals surface area contributed by atoms with Gasteiger partial charge in [0.25, 0.3) is 0 Å². The number of rotatable bonds is 4. The third-order valence-electron chi connectivity index (χ3n) is 3.56. The molecule has 0 atom stereocenters. The van der Waals surface area contributed by atoms with Crippen molar-refractivity contribution in [1.29, 1.82) is 0 Å². The highest BCUT2D eigenvalue weighted by Gasteiger charge is 2.17. The fourth-order valence-corrected chi connectivity index (χ4v) is 2.51. The number of methoxy groups -OCH3 is 1. The van der Waals surface area contributed by atoms with Gasteiger partial charge in [0, 0.05) is 6.04 Å². The predicted molar refractivity (Wildman–Crippen MR) is 71.8 cm³/mol. The molecule has 98 valence electrons. The van der Waals surface area contributed by atoms with E-state index in [4.69, 9.17) is 4.74 Å². The largest absolute Gasteiger partial charge is 0.496 e. The van der Waals surface area contributed by atoms with Gasteiger partial charge in [0.2, 0.25) is 5.91 Å². The van der Waals surface area contributed by atoms with E-state index in [0.29, 0.717) is 12.5 Å². The second kappa shape index (κ2) is 5.89. The first kappa shape index (κ1) is 12.9. The highest BCUT2D eigenvalue weighted by atomic mass is 16.5. The Morgan fingerprint density at radius 2 is 2.11 bits per heavy atom. The molecule has 0 radical (unpaired) electrons. The van der Waals surface area contributed by atoms with Crippen LogP contribution in [0.25, 0.3) is 0 Å². The smallest absolute Gasteiger partial charge is 0.224 e. The molecular weight excluding hydrogens is 226 g/mol. The van der Waals surface area contributed by atoms with Crippen LogP contribution >= 0.6 is 0 Å². The van der Waals surface area contributed by atoms with Crippen molar-refractivity contribution >= 4 is 5.91 Å². The number of nitrogens with one attached hydrogen (secondary N) is 1. The Morgan fingerprint density at radius 3 is 2.78 bits per heavy atom. The third kappa shape index (κ3) is 3.25. The number of ether oxygens (including phenoxy) is 1. The summed E-state index contributed by atoms with van der Waals surface area (Å²) in [5.41, 5.74) is 2.10. The van der Waals surface area contributed by atoms with Gasteiger partial charge >= 0.3 is 0 Å². The van der Waals surface area contributed by atoms with Crippen molar-refractivity contribution in [2.75, 3.05) is 7.11 Å². The van der Waals surface area contributed by atoms with Gasteiger partial charge in [-0.1, -0.05) is 25.0 Å². The Balaban J connectivity index is 1.93. The van der Waals surface area contributed by atoms with Crippen LogP contribution in [0.4, 0.5) is 0 Å². The minimum absolute atomic E-state index is 0.118. The standard InChI is InChI=1S/C15H21NO2/c1-11-7-8-12(9-14(11)18-2)10-15(17)16-13-5-3-4-6-13/h7-9,13H,3-6,10H2,1-2H3,(H,16,17).